The van der Waals surface area contributed by atoms with Gasteiger partial charge in [0.25, 0.3) is 0 Å². The summed E-state index contributed by atoms with van der Waals surface area (Å²) in [7, 11) is 2.27. The number of rotatable bonds is 10. The first-order valence-electron chi connectivity index (χ1n) is 9.69. The van der Waals surface area contributed by atoms with Gasteiger partial charge in [-0.2, -0.15) is 0 Å². The number of hydrogen-bond donors (Lipinski definition) is 0. The van der Waals surface area contributed by atoms with Gasteiger partial charge in [0.2, 0.25) is 0 Å². The molecule has 1 aromatic carbocycles. The van der Waals surface area contributed by atoms with Gasteiger partial charge < -0.3 is 0 Å². The first-order chi connectivity index (χ1) is 10.9. The zero-order valence-electron chi connectivity index (χ0n) is 16.5. The van der Waals surface area contributed by atoms with E-state index in [-0.39, 0.29) is 5.41 Å². The number of unbranched alkanes of at least 4 members (excludes halogenated alkanes) is 2. The molecule has 0 N–H and O–H groups in total. The first-order valence-corrected chi connectivity index (χ1v) is 9.69. The summed E-state index contributed by atoms with van der Waals surface area (Å²) in [4.78, 5) is 0. The van der Waals surface area contributed by atoms with Crippen LogP contribution >= 0.6 is 0 Å². The lowest BCUT2D eigenvalue weighted by Gasteiger charge is -2.29. The molecule has 128 valence electrons. The van der Waals surface area contributed by atoms with Gasteiger partial charge in [-0.25, -0.2) is 0 Å². The maximum atomic E-state index is 4.50. The average molecular weight is 312 g/mol. The molecule has 1 atom stereocenters. The lowest BCUT2D eigenvalue weighted by atomic mass is 9.75. The topological polar surface area (TPSA) is 0 Å². The Labute approximate surface area is 146 Å². The van der Waals surface area contributed by atoms with E-state index in [9.17, 15) is 0 Å². The fourth-order valence-electron chi connectivity index (χ4n) is 3.25. The second-order valence-corrected chi connectivity index (χ2v) is 7.75. The van der Waals surface area contributed by atoms with Gasteiger partial charge in [-0.3, -0.25) is 0 Å². The SMILES string of the molecule is BCCCCCC(C)(C)C(=C)c1ccc(C(C)CC)cc1CC. The van der Waals surface area contributed by atoms with Crippen molar-refractivity contribution in [1.29, 1.82) is 0 Å². The van der Waals surface area contributed by atoms with E-state index in [1.807, 2.05) is 0 Å². The Morgan fingerprint density at radius 1 is 1.17 bits per heavy atom. The van der Waals surface area contributed by atoms with Crippen LogP contribution in [0.4, 0.5) is 0 Å². The highest BCUT2D eigenvalue weighted by Gasteiger charge is 2.24. The second-order valence-electron chi connectivity index (χ2n) is 7.75. The second kappa shape index (κ2) is 9.35. The molecule has 0 aliphatic rings. The maximum absolute atomic E-state index is 4.50. The van der Waals surface area contributed by atoms with Crippen molar-refractivity contribution < 1.29 is 0 Å². The molecule has 1 heteroatoms. The van der Waals surface area contributed by atoms with E-state index in [1.54, 1.807) is 0 Å². The van der Waals surface area contributed by atoms with Crippen LogP contribution in [0.25, 0.3) is 5.57 Å². The van der Waals surface area contributed by atoms with Crippen LogP contribution in [0.1, 0.15) is 89.3 Å². The fourth-order valence-corrected chi connectivity index (χ4v) is 3.25. The molecular weight excluding hydrogens is 275 g/mol. The van der Waals surface area contributed by atoms with Gasteiger partial charge in [0, 0.05) is 0 Å². The highest BCUT2D eigenvalue weighted by atomic mass is 14.3. The molecule has 0 aliphatic carbocycles. The summed E-state index contributed by atoms with van der Waals surface area (Å²) in [5, 5.41) is 0. The van der Waals surface area contributed by atoms with Crippen LogP contribution in [0.15, 0.2) is 24.8 Å². The molecule has 1 unspecified atom stereocenters. The van der Waals surface area contributed by atoms with Crippen molar-refractivity contribution in [2.75, 3.05) is 0 Å². The summed E-state index contributed by atoms with van der Waals surface area (Å²) < 4.78 is 0. The summed E-state index contributed by atoms with van der Waals surface area (Å²) in [6, 6.07) is 7.07. The summed E-state index contributed by atoms with van der Waals surface area (Å²) in [6.07, 6.45) is 8.84. The molecule has 0 saturated carbocycles. The minimum absolute atomic E-state index is 0.190. The van der Waals surface area contributed by atoms with Crippen LogP contribution in [-0.2, 0) is 6.42 Å². The number of hydrogen-bond acceptors (Lipinski definition) is 0. The molecule has 0 spiro atoms. The zero-order chi connectivity index (χ0) is 17.5. The van der Waals surface area contributed by atoms with Crippen LogP contribution in [0.2, 0.25) is 6.32 Å². The first kappa shape index (κ1) is 20.1. The minimum Gasteiger partial charge on any atom is -0.0947 e. The van der Waals surface area contributed by atoms with Crippen molar-refractivity contribution in [3.63, 3.8) is 0 Å². The average Bonchev–Trinajstić information content (AvgIpc) is 2.56. The number of benzene rings is 1. The molecule has 0 saturated heterocycles. The smallest absolute Gasteiger partial charge is 0.0947 e. The minimum atomic E-state index is 0.190. The highest BCUT2D eigenvalue weighted by Crippen LogP contribution is 2.40. The van der Waals surface area contributed by atoms with Crippen molar-refractivity contribution in [2.45, 2.75) is 85.4 Å². The molecule has 1 rings (SSSR count). The molecule has 0 nitrogen and oxygen atoms in total. The molecule has 0 heterocycles. The lowest BCUT2D eigenvalue weighted by molar-refractivity contribution is 0.429. The Hall–Kier alpha value is -0.975. The van der Waals surface area contributed by atoms with Gasteiger partial charge >= 0.3 is 0 Å². The van der Waals surface area contributed by atoms with Gasteiger partial charge in [0.15, 0.2) is 0 Å². The van der Waals surface area contributed by atoms with Crippen molar-refractivity contribution in [3.8, 4) is 0 Å². The van der Waals surface area contributed by atoms with Crippen molar-refractivity contribution in [1.82, 2.24) is 0 Å². The third-order valence-corrected chi connectivity index (χ3v) is 5.49. The Balaban J connectivity index is 2.93. The van der Waals surface area contributed by atoms with Gasteiger partial charge in [-0.05, 0) is 52.9 Å². The van der Waals surface area contributed by atoms with Gasteiger partial charge in [-0.15, -0.1) is 0 Å². The van der Waals surface area contributed by atoms with Gasteiger partial charge in [-0.1, -0.05) is 85.0 Å². The van der Waals surface area contributed by atoms with Crippen LogP contribution in [0.3, 0.4) is 0 Å². The number of aryl methyl sites for hydroxylation is 1. The monoisotopic (exact) mass is 312 g/mol. The zero-order valence-corrected chi connectivity index (χ0v) is 16.5. The van der Waals surface area contributed by atoms with E-state index in [4.69, 9.17) is 0 Å². The summed E-state index contributed by atoms with van der Waals surface area (Å²) in [5.41, 5.74) is 5.84. The van der Waals surface area contributed by atoms with E-state index in [0.717, 1.165) is 6.42 Å². The molecule has 0 bridgehead atoms. The predicted molar refractivity (Wildman–Crippen MR) is 109 cm³/mol. The number of allylic oxidation sites excluding steroid dienone is 1. The quantitative estimate of drug-likeness (QED) is 0.346. The van der Waals surface area contributed by atoms with E-state index >= 15 is 0 Å². The summed E-state index contributed by atoms with van der Waals surface area (Å²) in [6.45, 7) is 16.1. The molecular formula is C22H37B. The van der Waals surface area contributed by atoms with Crippen molar-refractivity contribution in [3.05, 3.63) is 41.5 Å². The van der Waals surface area contributed by atoms with Crippen LogP contribution < -0.4 is 0 Å². The normalized spacial score (nSPS) is 13.1. The van der Waals surface area contributed by atoms with E-state index in [0.29, 0.717) is 5.92 Å². The molecule has 0 aromatic heterocycles. The van der Waals surface area contributed by atoms with Gasteiger partial charge in [0.1, 0.15) is 7.85 Å². The largest absolute Gasteiger partial charge is 0.101 e. The molecule has 1 aromatic rings. The third kappa shape index (κ3) is 5.55. The highest BCUT2D eigenvalue weighted by molar-refractivity contribution is 6.08. The third-order valence-electron chi connectivity index (χ3n) is 5.49. The Morgan fingerprint density at radius 3 is 2.43 bits per heavy atom. The molecule has 23 heavy (non-hydrogen) atoms. The van der Waals surface area contributed by atoms with E-state index in [2.05, 4.69) is 67.2 Å². The van der Waals surface area contributed by atoms with E-state index < -0.39 is 0 Å². The summed E-state index contributed by atoms with van der Waals surface area (Å²) >= 11 is 0. The van der Waals surface area contributed by atoms with Crippen molar-refractivity contribution in [2.24, 2.45) is 5.41 Å². The molecule has 0 aliphatic heterocycles. The molecule has 0 radical (unpaired) electrons. The van der Waals surface area contributed by atoms with E-state index in [1.165, 1.54) is 60.7 Å². The Kier molecular flexibility index (Phi) is 8.16. The Morgan fingerprint density at radius 2 is 1.87 bits per heavy atom. The lowest BCUT2D eigenvalue weighted by Crippen LogP contribution is -2.14. The fraction of sp³-hybridized carbons (Fsp3) is 0.636. The molecule has 0 fully saturated rings. The predicted octanol–water partition coefficient (Wildman–Crippen LogP) is 6.41. The maximum Gasteiger partial charge on any atom is 0.101 e. The Bertz CT molecular complexity index is 499. The van der Waals surface area contributed by atoms with Crippen molar-refractivity contribution >= 4 is 13.4 Å². The standard InChI is InChI=1S/C22H37B/c1-7-17(3)20-12-13-21(19(8-2)16-20)18(4)22(5,6)14-10-9-11-15-23/h12-13,16-17H,4,7-11,14-15,23H2,1-3,5-6H3. The molecule has 0 amide bonds. The van der Waals surface area contributed by atoms with Crippen LogP contribution in [-0.4, -0.2) is 7.85 Å². The summed E-state index contributed by atoms with van der Waals surface area (Å²) in [5.74, 6) is 0.643. The van der Waals surface area contributed by atoms with Crippen LogP contribution in [0.5, 0.6) is 0 Å². The van der Waals surface area contributed by atoms with Crippen LogP contribution in [0, 0.1) is 5.41 Å². The van der Waals surface area contributed by atoms with Gasteiger partial charge in [0.05, 0.1) is 0 Å².